The van der Waals surface area contributed by atoms with Crippen molar-refractivity contribution >= 4 is 12.2 Å². The molecular weight excluding hydrogens is 180 g/mol. The molecule has 4 heteroatoms. The van der Waals surface area contributed by atoms with E-state index in [4.69, 9.17) is 0 Å². The highest BCUT2D eigenvalue weighted by molar-refractivity contribution is 5.35. The Bertz CT molecular complexity index is 280. The van der Waals surface area contributed by atoms with Gasteiger partial charge in [-0.3, -0.25) is 0 Å². The van der Waals surface area contributed by atoms with E-state index in [2.05, 4.69) is 9.98 Å². The van der Waals surface area contributed by atoms with Gasteiger partial charge in [0.2, 0.25) is 12.2 Å². The molecule has 0 spiro atoms. The molecule has 1 aliphatic rings. The molecule has 14 heavy (non-hydrogen) atoms. The summed E-state index contributed by atoms with van der Waals surface area (Å²) in [7, 11) is 0. The summed E-state index contributed by atoms with van der Waals surface area (Å²) in [5.74, 6) is 0. The molecule has 0 saturated heterocycles. The van der Waals surface area contributed by atoms with Crippen LogP contribution in [0.4, 0.5) is 0 Å². The smallest absolute Gasteiger partial charge is 0.211 e. The Morgan fingerprint density at radius 2 is 1.93 bits per heavy atom. The molecule has 1 aliphatic carbocycles. The van der Waals surface area contributed by atoms with Crippen molar-refractivity contribution < 1.29 is 9.59 Å². The predicted molar refractivity (Wildman–Crippen MR) is 51.5 cm³/mol. The maximum absolute atomic E-state index is 10.3. The van der Waals surface area contributed by atoms with Gasteiger partial charge in [-0.15, -0.1) is 0 Å². The highest BCUT2D eigenvalue weighted by atomic mass is 16.1. The van der Waals surface area contributed by atoms with E-state index in [9.17, 15) is 9.59 Å². The van der Waals surface area contributed by atoms with E-state index >= 15 is 0 Å². The summed E-state index contributed by atoms with van der Waals surface area (Å²) in [5, 5.41) is 0. The van der Waals surface area contributed by atoms with Crippen molar-refractivity contribution in [2.45, 2.75) is 50.6 Å². The van der Waals surface area contributed by atoms with Gasteiger partial charge in [0.05, 0.1) is 11.6 Å². The van der Waals surface area contributed by atoms with Gasteiger partial charge < -0.3 is 0 Å². The highest BCUT2D eigenvalue weighted by Crippen LogP contribution is 2.35. The zero-order valence-corrected chi connectivity index (χ0v) is 8.32. The topological polar surface area (TPSA) is 58.9 Å². The second-order valence-electron chi connectivity index (χ2n) is 3.73. The van der Waals surface area contributed by atoms with Crippen LogP contribution in [-0.2, 0) is 9.59 Å². The first kappa shape index (κ1) is 10.8. The molecule has 0 atom stereocenters. The maximum Gasteiger partial charge on any atom is 0.235 e. The lowest BCUT2D eigenvalue weighted by Gasteiger charge is -2.33. The Kier molecular flexibility index (Phi) is 3.75. The third kappa shape index (κ3) is 2.38. The average Bonchev–Trinajstić information content (AvgIpc) is 2.22. The summed E-state index contributed by atoms with van der Waals surface area (Å²) in [6.07, 6.45) is 7.33. The Morgan fingerprint density at radius 3 is 2.36 bits per heavy atom. The molecule has 76 valence electrons. The molecule has 0 heterocycles. The molecule has 0 aromatic carbocycles. The molecule has 0 amide bonds. The van der Waals surface area contributed by atoms with E-state index in [-0.39, 0.29) is 11.6 Å². The highest BCUT2D eigenvalue weighted by Gasteiger charge is 2.33. The lowest BCUT2D eigenvalue weighted by molar-refractivity contribution is 0.268. The van der Waals surface area contributed by atoms with Crippen molar-refractivity contribution in [1.29, 1.82) is 0 Å². The first-order valence-corrected chi connectivity index (χ1v) is 4.92. The van der Waals surface area contributed by atoms with Crippen molar-refractivity contribution in [3.8, 4) is 0 Å². The van der Waals surface area contributed by atoms with E-state index < -0.39 is 0 Å². The normalized spacial score (nSPS) is 31.4. The van der Waals surface area contributed by atoms with Gasteiger partial charge in [0.1, 0.15) is 0 Å². The van der Waals surface area contributed by atoms with Crippen molar-refractivity contribution in [2.75, 3.05) is 0 Å². The van der Waals surface area contributed by atoms with Gasteiger partial charge in [0, 0.05) is 0 Å². The van der Waals surface area contributed by atoms with Crippen LogP contribution in [0.1, 0.15) is 39.0 Å². The van der Waals surface area contributed by atoms with Crippen molar-refractivity contribution in [2.24, 2.45) is 9.98 Å². The number of nitrogens with zero attached hydrogens (tertiary/aromatic N) is 2. The monoisotopic (exact) mass is 194 g/mol. The van der Waals surface area contributed by atoms with Crippen molar-refractivity contribution in [3.63, 3.8) is 0 Å². The van der Waals surface area contributed by atoms with Crippen LogP contribution in [0.5, 0.6) is 0 Å². The molecule has 0 N–H and O–H groups in total. The summed E-state index contributed by atoms with van der Waals surface area (Å²) in [4.78, 5) is 27.9. The van der Waals surface area contributed by atoms with Gasteiger partial charge >= 0.3 is 0 Å². The van der Waals surface area contributed by atoms with E-state index in [0.717, 1.165) is 32.1 Å². The van der Waals surface area contributed by atoms with Gasteiger partial charge in [0.25, 0.3) is 0 Å². The third-order valence-corrected chi connectivity index (χ3v) is 3.06. The number of carbonyl (C=O) groups excluding carboxylic acids is 2. The fraction of sp³-hybridized carbons (Fsp3) is 0.800. The van der Waals surface area contributed by atoms with Crippen LogP contribution in [0, 0.1) is 0 Å². The first-order chi connectivity index (χ1) is 6.76. The zero-order chi connectivity index (χ0) is 10.4. The summed E-state index contributed by atoms with van der Waals surface area (Å²) in [6, 6.07) is 0.0778. The SMILES string of the molecule is CCC1(N=C=O)CCC(N=C=O)CC1. The van der Waals surface area contributed by atoms with E-state index in [0.29, 0.717) is 0 Å². The molecule has 0 unspecified atom stereocenters. The standard InChI is InChI=1S/C10H14N2O2/c1-2-10(12-8-14)5-3-9(4-6-10)11-7-13/h9H,2-6H2,1H3. The summed E-state index contributed by atoms with van der Waals surface area (Å²) < 4.78 is 0. The minimum absolute atomic E-state index is 0.0778. The first-order valence-electron chi connectivity index (χ1n) is 4.92. The van der Waals surface area contributed by atoms with Gasteiger partial charge in [-0.25, -0.2) is 14.6 Å². The minimum atomic E-state index is -0.239. The van der Waals surface area contributed by atoms with Crippen LogP contribution in [0.15, 0.2) is 9.98 Å². The lowest BCUT2D eigenvalue weighted by atomic mass is 9.78. The second kappa shape index (κ2) is 4.85. The van der Waals surface area contributed by atoms with Crippen LogP contribution in [0.3, 0.4) is 0 Å². The van der Waals surface area contributed by atoms with Gasteiger partial charge in [-0.2, -0.15) is 4.99 Å². The summed E-state index contributed by atoms with van der Waals surface area (Å²) >= 11 is 0. The Labute approximate surface area is 83.1 Å². The summed E-state index contributed by atoms with van der Waals surface area (Å²) in [5.41, 5.74) is -0.239. The Balaban J connectivity index is 2.63. The molecule has 1 fully saturated rings. The molecule has 1 saturated carbocycles. The third-order valence-electron chi connectivity index (χ3n) is 3.06. The van der Waals surface area contributed by atoms with Gasteiger partial charge in [-0.1, -0.05) is 6.92 Å². The molecule has 0 bridgehead atoms. The molecule has 0 aliphatic heterocycles. The fourth-order valence-electron chi connectivity index (χ4n) is 1.98. The van der Waals surface area contributed by atoms with Crippen LogP contribution in [-0.4, -0.2) is 23.7 Å². The quantitative estimate of drug-likeness (QED) is 0.507. The molecule has 0 aromatic heterocycles. The van der Waals surface area contributed by atoms with Crippen LogP contribution < -0.4 is 0 Å². The van der Waals surface area contributed by atoms with E-state index in [1.54, 1.807) is 12.2 Å². The van der Waals surface area contributed by atoms with Gasteiger partial charge in [0.15, 0.2) is 0 Å². The van der Waals surface area contributed by atoms with E-state index in [1.165, 1.54) is 0 Å². The van der Waals surface area contributed by atoms with Crippen LogP contribution >= 0.6 is 0 Å². The van der Waals surface area contributed by atoms with Crippen molar-refractivity contribution in [3.05, 3.63) is 0 Å². The molecule has 4 nitrogen and oxygen atoms in total. The molecule has 0 aromatic rings. The number of hydrogen-bond acceptors (Lipinski definition) is 4. The number of isocyanates is 2. The average molecular weight is 194 g/mol. The number of aliphatic imine (C=N–C) groups is 2. The minimum Gasteiger partial charge on any atom is -0.211 e. The van der Waals surface area contributed by atoms with Crippen molar-refractivity contribution in [1.82, 2.24) is 0 Å². The Hall–Kier alpha value is -1.24. The van der Waals surface area contributed by atoms with E-state index in [1.807, 2.05) is 6.92 Å². The fourth-order valence-corrected chi connectivity index (χ4v) is 1.98. The van der Waals surface area contributed by atoms with Crippen LogP contribution in [0.2, 0.25) is 0 Å². The predicted octanol–water partition coefficient (Wildman–Crippen LogP) is 1.75. The number of hydrogen-bond donors (Lipinski definition) is 0. The Morgan fingerprint density at radius 1 is 1.29 bits per heavy atom. The maximum atomic E-state index is 10.3. The second-order valence-corrected chi connectivity index (χ2v) is 3.73. The molecular formula is C10H14N2O2. The summed E-state index contributed by atoms with van der Waals surface area (Å²) in [6.45, 7) is 2.02. The molecule has 0 radical (unpaired) electrons. The number of rotatable bonds is 3. The van der Waals surface area contributed by atoms with Gasteiger partial charge in [-0.05, 0) is 32.1 Å². The largest absolute Gasteiger partial charge is 0.235 e. The lowest BCUT2D eigenvalue weighted by Crippen LogP contribution is -2.32. The zero-order valence-electron chi connectivity index (χ0n) is 8.32. The molecule has 1 rings (SSSR count). The van der Waals surface area contributed by atoms with Crippen LogP contribution in [0.25, 0.3) is 0 Å².